The SMILES string of the molecule is Cc1ccc(N(CC/C(N)=N/O)c2ccccc2)nc1. The molecule has 0 radical (unpaired) electrons. The molecule has 0 amide bonds. The van der Waals surface area contributed by atoms with Crippen molar-refractivity contribution in [3.05, 3.63) is 54.2 Å². The molecule has 0 spiro atoms. The maximum atomic E-state index is 8.65. The summed E-state index contributed by atoms with van der Waals surface area (Å²) in [4.78, 5) is 6.48. The van der Waals surface area contributed by atoms with Crippen LogP contribution in [0.4, 0.5) is 11.5 Å². The summed E-state index contributed by atoms with van der Waals surface area (Å²) >= 11 is 0. The van der Waals surface area contributed by atoms with Crippen molar-refractivity contribution in [1.82, 2.24) is 4.98 Å². The molecule has 0 bridgehead atoms. The zero-order valence-electron chi connectivity index (χ0n) is 11.4. The van der Waals surface area contributed by atoms with Gasteiger partial charge in [0.1, 0.15) is 11.7 Å². The topological polar surface area (TPSA) is 74.7 Å². The summed E-state index contributed by atoms with van der Waals surface area (Å²) in [6, 6.07) is 13.9. The predicted octanol–water partition coefficient (Wildman–Crippen LogP) is 2.66. The summed E-state index contributed by atoms with van der Waals surface area (Å²) < 4.78 is 0. The number of aromatic nitrogens is 1. The van der Waals surface area contributed by atoms with Gasteiger partial charge in [0.25, 0.3) is 0 Å². The largest absolute Gasteiger partial charge is 0.409 e. The lowest BCUT2D eigenvalue weighted by Crippen LogP contribution is -2.24. The van der Waals surface area contributed by atoms with Gasteiger partial charge in [-0.15, -0.1) is 0 Å². The lowest BCUT2D eigenvalue weighted by Gasteiger charge is -2.23. The normalized spacial score (nSPS) is 11.3. The number of pyridine rings is 1. The van der Waals surface area contributed by atoms with Gasteiger partial charge in [-0.1, -0.05) is 29.4 Å². The first-order valence-corrected chi connectivity index (χ1v) is 6.42. The van der Waals surface area contributed by atoms with Crippen molar-refractivity contribution < 1.29 is 5.21 Å². The van der Waals surface area contributed by atoms with Crippen molar-refractivity contribution in [2.45, 2.75) is 13.3 Å². The van der Waals surface area contributed by atoms with Crippen molar-refractivity contribution in [3.8, 4) is 0 Å². The molecule has 0 unspecified atom stereocenters. The van der Waals surface area contributed by atoms with Crippen molar-refractivity contribution in [2.75, 3.05) is 11.4 Å². The number of para-hydroxylation sites is 1. The molecule has 3 N–H and O–H groups in total. The maximum Gasteiger partial charge on any atom is 0.140 e. The first-order valence-electron chi connectivity index (χ1n) is 6.42. The molecule has 0 aliphatic carbocycles. The standard InChI is InChI=1S/C15H18N4O/c1-12-7-8-15(17-11-12)19(10-9-14(16)18-20)13-5-3-2-4-6-13/h2-8,11,20H,9-10H2,1H3,(H2,16,18). The van der Waals surface area contributed by atoms with E-state index in [1.165, 1.54) is 0 Å². The monoisotopic (exact) mass is 270 g/mol. The van der Waals surface area contributed by atoms with Crippen molar-refractivity contribution in [3.63, 3.8) is 0 Å². The van der Waals surface area contributed by atoms with Crippen LogP contribution in [-0.4, -0.2) is 22.6 Å². The van der Waals surface area contributed by atoms with Crippen molar-refractivity contribution in [1.29, 1.82) is 0 Å². The van der Waals surface area contributed by atoms with E-state index in [1.54, 1.807) is 0 Å². The summed E-state index contributed by atoms with van der Waals surface area (Å²) in [6.07, 6.45) is 2.29. The van der Waals surface area contributed by atoms with E-state index >= 15 is 0 Å². The van der Waals surface area contributed by atoms with Gasteiger partial charge >= 0.3 is 0 Å². The summed E-state index contributed by atoms with van der Waals surface area (Å²) in [6.45, 7) is 2.59. The quantitative estimate of drug-likeness (QED) is 0.379. The van der Waals surface area contributed by atoms with E-state index in [0.717, 1.165) is 17.1 Å². The Hall–Kier alpha value is -2.56. The van der Waals surface area contributed by atoms with Gasteiger partial charge in [0.05, 0.1) is 0 Å². The molecule has 104 valence electrons. The van der Waals surface area contributed by atoms with Crippen LogP contribution in [0.2, 0.25) is 0 Å². The van der Waals surface area contributed by atoms with Crippen LogP contribution in [0, 0.1) is 6.92 Å². The molecule has 0 saturated carbocycles. The molecule has 0 aliphatic rings. The van der Waals surface area contributed by atoms with Gasteiger partial charge in [0, 0.05) is 24.8 Å². The number of hydrogen-bond acceptors (Lipinski definition) is 4. The fraction of sp³-hybridized carbons (Fsp3) is 0.200. The smallest absolute Gasteiger partial charge is 0.140 e. The zero-order valence-corrected chi connectivity index (χ0v) is 11.4. The maximum absolute atomic E-state index is 8.65. The Kier molecular flexibility index (Phi) is 4.55. The predicted molar refractivity (Wildman–Crippen MR) is 80.4 cm³/mol. The number of benzene rings is 1. The summed E-state index contributed by atoms with van der Waals surface area (Å²) in [5, 5.41) is 11.7. The summed E-state index contributed by atoms with van der Waals surface area (Å²) in [5.41, 5.74) is 7.69. The highest BCUT2D eigenvalue weighted by molar-refractivity contribution is 5.80. The van der Waals surface area contributed by atoms with Crippen LogP contribution in [0.3, 0.4) is 0 Å². The second kappa shape index (κ2) is 6.56. The van der Waals surface area contributed by atoms with Gasteiger partial charge in [-0.05, 0) is 30.7 Å². The lowest BCUT2D eigenvalue weighted by molar-refractivity contribution is 0.317. The molecule has 1 heterocycles. The number of anilines is 2. The molecule has 2 aromatic rings. The first kappa shape index (κ1) is 13.9. The first-order chi connectivity index (χ1) is 9.70. The molecule has 1 aromatic carbocycles. The second-order valence-electron chi connectivity index (χ2n) is 4.52. The van der Waals surface area contributed by atoms with Crippen LogP contribution in [0.1, 0.15) is 12.0 Å². The van der Waals surface area contributed by atoms with E-state index < -0.39 is 0 Å². The molecule has 20 heavy (non-hydrogen) atoms. The van der Waals surface area contributed by atoms with Crippen LogP contribution < -0.4 is 10.6 Å². The number of nitrogens with zero attached hydrogens (tertiary/aromatic N) is 3. The van der Waals surface area contributed by atoms with Crippen LogP contribution in [0.25, 0.3) is 0 Å². The molecule has 5 heteroatoms. The molecule has 0 saturated heterocycles. The fourth-order valence-corrected chi connectivity index (χ4v) is 1.88. The van der Waals surface area contributed by atoms with E-state index in [-0.39, 0.29) is 5.84 Å². The van der Waals surface area contributed by atoms with Gasteiger partial charge in [0.2, 0.25) is 0 Å². The Bertz CT molecular complexity index is 566. The third kappa shape index (κ3) is 3.47. The number of rotatable bonds is 5. The number of amidine groups is 1. The van der Waals surface area contributed by atoms with Gasteiger partial charge in [-0.2, -0.15) is 0 Å². The van der Waals surface area contributed by atoms with Crippen LogP contribution >= 0.6 is 0 Å². The molecule has 1 aromatic heterocycles. The molecule has 5 nitrogen and oxygen atoms in total. The number of aryl methyl sites for hydroxylation is 1. The third-order valence-corrected chi connectivity index (χ3v) is 2.96. The lowest BCUT2D eigenvalue weighted by atomic mass is 10.2. The van der Waals surface area contributed by atoms with E-state index in [0.29, 0.717) is 13.0 Å². The minimum absolute atomic E-state index is 0.207. The Morgan fingerprint density at radius 1 is 1.25 bits per heavy atom. The Labute approximate surface area is 118 Å². The average Bonchev–Trinajstić information content (AvgIpc) is 2.50. The summed E-state index contributed by atoms with van der Waals surface area (Å²) in [5.74, 6) is 1.05. The average molecular weight is 270 g/mol. The van der Waals surface area contributed by atoms with Gasteiger partial charge in [0.15, 0.2) is 0 Å². The van der Waals surface area contributed by atoms with Gasteiger partial charge < -0.3 is 15.8 Å². The molecular formula is C15H18N4O. The number of nitrogens with two attached hydrogens (primary N) is 1. The Balaban J connectivity index is 2.26. The van der Waals surface area contributed by atoms with E-state index in [2.05, 4.69) is 10.1 Å². The Morgan fingerprint density at radius 2 is 2.00 bits per heavy atom. The fourth-order valence-electron chi connectivity index (χ4n) is 1.88. The molecule has 2 rings (SSSR count). The Morgan fingerprint density at radius 3 is 2.60 bits per heavy atom. The van der Waals surface area contributed by atoms with Gasteiger partial charge in [-0.3, -0.25) is 0 Å². The van der Waals surface area contributed by atoms with E-state index in [4.69, 9.17) is 10.9 Å². The number of hydrogen-bond donors (Lipinski definition) is 2. The third-order valence-electron chi connectivity index (χ3n) is 2.96. The molecular weight excluding hydrogens is 252 g/mol. The highest BCUT2D eigenvalue weighted by atomic mass is 16.4. The van der Waals surface area contributed by atoms with E-state index in [1.807, 2.05) is 60.5 Å². The van der Waals surface area contributed by atoms with Crippen LogP contribution in [0.15, 0.2) is 53.8 Å². The molecule has 0 atom stereocenters. The zero-order chi connectivity index (χ0) is 14.4. The highest BCUT2D eigenvalue weighted by Gasteiger charge is 2.10. The van der Waals surface area contributed by atoms with Crippen molar-refractivity contribution >= 4 is 17.3 Å². The summed E-state index contributed by atoms with van der Waals surface area (Å²) in [7, 11) is 0. The molecule has 0 fully saturated rings. The minimum atomic E-state index is 0.207. The highest BCUT2D eigenvalue weighted by Crippen LogP contribution is 2.23. The van der Waals surface area contributed by atoms with E-state index in [9.17, 15) is 0 Å². The second-order valence-corrected chi connectivity index (χ2v) is 4.52. The minimum Gasteiger partial charge on any atom is -0.409 e. The number of oxime groups is 1. The van der Waals surface area contributed by atoms with Gasteiger partial charge in [-0.25, -0.2) is 4.98 Å². The van der Waals surface area contributed by atoms with Crippen molar-refractivity contribution in [2.24, 2.45) is 10.9 Å². The molecule has 0 aliphatic heterocycles. The van der Waals surface area contributed by atoms with Crippen LogP contribution in [-0.2, 0) is 0 Å². The van der Waals surface area contributed by atoms with Crippen LogP contribution in [0.5, 0.6) is 0 Å².